The number of hydrogen-bond acceptors (Lipinski definition) is 6. The summed E-state index contributed by atoms with van der Waals surface area (Å²) in [6.07, 6.45) is 8.65. The molecule has 1 saturated carbocycles. The van der Waals surface area contributed by atoms with Gasteiger partial charge in [-0.1, -0.05) is 13.8 Å². The van der Waals surface area contributed by atoms with Gasteiger partial charge in [-0.05, 0) is 49.5 Å². The molecular formula is C21H28N4O4S. The van der Waals surface area contributed by atoms with Crippen molar-refractivity contribution in [3.05, 3.63) is 35.2 Å². The molecule has 1 aliphatic carbocycles. The molecule has 162 valence electrons. The molecule has 0 radical (unpaired) electrons. The smallest absolute Gasteiger partial charge is 0.341 e. The average Bonchev–Trinajstić information content (AvgIpc) is 3.42. The standard InChI is InChI=1S/C21H28N4O4S/c1-4-29-21(28)17-14(10-13(2)3)11-30-20(17)24-19(27)18(26)23-15-6-5-7-16(15)25-9-8-22-12-25/h8-9,11-13,15-16H,4-7,10H2,1-3H3,(H,23,26)(H,24,27)/t15-,16-/m0/s1. The maximum Gasteiger partial charge on any atom is 0.341 e. The number of carbonyl (C=O) groups is 3. The molecule has 1 fully saturated rings. The van der Waals surface area contributed by atoms with Crippen LogP contribution in [-0.4, -0.2) is 40.0 Å². The number of anilines is 1. The van der Waals surface area contributed by atoms with Crippen LogP contribution in [0.25, 0.3) is 0 Å². The first-order valence-corrected chi connectivity index (χ1v) is 11.1. The normalized spacial score (nSPS) is 18.4. The number of aromatic nitrogens is 2. The Hall–Kier alpha value is -2.68. The second kappa shape index (κ2) is 9.88. The van der Waals surface area contributed by atoms with Gasteiger partial charge in [0.15, 0.2) is 0 Å². The van der Waals surface area contributed by atoms with Crippen LogP contribution in [0.1, 0.15) is 62.0 Å². The molecule has 0 unspecified atom stereocenters. The number of hydrogen-bond donors (Lipinski definition) is 2. The minimum atomic E-state index is -0.783. The number of nitrogens with zero attached hydrogens (tertiary/aromatic N) is 2. The van der Waals surface area contributed by atoms with Crippen LogP contribution in [0.3, 0.4) is 0 Å². The van der Waals surface area contributed by atoms with E-state index in [9.17, 15) is 14.4 Å². The zero-order valence-electron chi connectivity index (χ0n) is 17.5. The number of thiophene rings is 1. The molecule has 30 heavy (non-hydrogen) atoms. The van der Waals surface area contributed by atoms with Crippen LogP contribution >= 0.6 is 11.3 Å². The predicted molar refractivity (Wildman–Crippen MR) is 114 cm³/mol. The summed E-state index contributed by atoms with van der Waals surface area (Å²) in [7, 11) is 0. The zero-order valence-corrected chi connectivity index (χ0v) is 18.3. The highest BCUT2D eigenvalue weighted by Crippen LogP contribution is 2.32. The summed E-state index contributed by atoms with van der Waals surface area (Å²) >= 11 is 1.23. The quantitative estimate of drug-likeness (QED) is 0.517. The van der Waals surface area contributed by atoms with Crippen LogP contribution in [-0.2, 0) is 20.7 Å². The number of imidazole rings is 1. The van der Waals surface area contributed by atoms with Crippen LogP contribution in [0, 0.1) is 5.92 Å². The van der Waals surface area contributed by atoms with Crippen LogP contribution in [0.5, 0.6) is 0 Å². The van der Waals surface area contributed by atoms with Gasteiger partial charge in [-0.2, -0.15) is 0 Å². The van der Waals surface area contributed by atoms with Gasteiger partial charge in [-0.15, -0.1) is 11.3 Å². The Morgan fingerprint density at radius 1 is 1.30 bits per heavy atom. The van der Waals surface area contributed by atoms with Crippen LogP contribution in [0.15, 0.2) is 24.1 Å². The van der Waals surface area contributed by atoms with E-state index in [0.29, 0.717) is 22.9 Å². The van der Waals surface area contributed by atoms with Crippen molar-refractivity contribution in [1.29, 1.82) is 0 Å². The van der Waals surface area contributed by atoms with E-state index in [1.807, 2.05) is 16.1 Å². The molecule has 2 aromatic rings. The molecular weight excluding hydrogens is 404 g/mol. The Kier molecular flexibility index (Phi) is 7.25. The Labute approximate surface area is 180 Å². The molecule has 0 spiro atoms. The Morgan fingerprint density at radius 3 is 2.77 bits per heavy atom. The van der Waals surface area contributed by atoms with E-state index in [0.717, 1.165) is 24.8 Å². The van der Waals surface area contributed by atoms with Crippen molar-refractivity contribution < 1.29 is 19.1 Å². The third-order valence-corrected chi connectivity index (χ3v) is 6.06. The van der Waals surface area contributed by atoms with Crippen molar-refractivity contribution in [2.45, 2.75) is 58.5 Å². The SMILES string of the molecule is CCOC(=O)c1c(CC(C)C)csc1NC(=O)C(=O)N[C@H]1CCC[C@@H]1n1ccnc1. The van der Waals surface area contributed by atoms with Crippen molar-refractivity contribution in [1.82, 2.24) is 14.9 Å². The molecule has 2 aromatic heterocycles. The van der Waals surface area contributed by atoms with E-state index in [4.69, 9.17) is 4.74 Å². The van der Waals surface area contributed by atoms with Gasteiger partial charge in [-0.25, -0.2) is 9.78 Å². The summed E-state index contributed by atoms with van der Waals surface area (Å²) in [6, 6.07) is -0.0551. The van der Waals surface area contributed by atoms with Crippen molar-refractivity contribution >= 4 is 34.1 Å². The lowest BCUT2D eigenvalue weighted by Crippen LogP contribution is -2.43. The van der Waals surface area contributed by atoms with Gasteiger partial charge in [-0.3, -0.25) is 9.59 Å². The molecule has 0 aromatic carbocycles. The maximum absolute atomic E-state index is 12.6. The summed E-state index contributed by atoms with van der Waals surface area (Å²) in [5.41, 5.74) is 1.16. The first-order chi connectivity index (χ1) is 14.4. The monoisotopic (exact) mass is 432 g/mol. The highest BCUT2D eigenvalue weighted by molar-refractivity contribution is 7.15. The molecule has 8 nitrogen and oxygen atoms in total. The molecule has 2 heterocycles. The summed E-state index contributed by atoms with van der Waals surface area (Å²) in [5.74, 6) is -1.64. The molecule has 2 atom stereocenters. The van der Waals surface area contributed by atoms with Gasteiger partial charge in [0.1, 0.15) is 5.00 Å². The number of ether oxygens (including phenoxy) is 1. The second-order valence-electron chi connectivity index (χ2n) is 7.83. The fourth-order valence-electron chi connectivity index (χ4n) is 3.83. The molecule has 2 amide bonds. The van der Waals surface area contributed by atoms with E-state index < -0.39 is 17.8 Å². The lowest BCUT2D eigenvalue weighted by Gasteiger charge is -2.21. The lowest BCUT2D eigenvalue weighted by molar-refractivity contribution is -0.136. The summed E-state index contributed by atoms with van der Waals surface area (Å²) in [5, 5.41) is 7.64. The number of nitrogens with one attached hydrogen (secondary N) is 2. The van der Waals surface area contributed by atoms with Crippen LogP contribution < -0.4 is 10.6 Å². The Balaban J connectivity index is 1.69. The third-order valence-electron chi connectivity index (χ3n) is 5.11. The van der Waals surface area contributed by atoms with Gasteiger partial charge in [0.05, 0.1) is 30.6 Å². The summed E-state index contributed by atoms with van der Waals surface area (Å²) in [6.45, 7) is 6.07. The Morgan fingerprint density at radius 2 is 2.10 bits per heavy atom. The predicted octanol–water partition coefficient (Wildman–Crippen LogP) is 3.17. The first-order valence-electron chi connectivity index (χ1n) is 10.3. The van der Waals surface area contributed by atoms with Crippen molar-refractivity contribution in [2.75, 3.05) is 11.9 Å². The van der Waals surface area contributed by atoms with Crippen LogP contribution in [0.2, 0.25) is 0 Å². The minimum absolute atomic E-state index is 0.0822. The van der Waals surface area contributed by atoms with Gasteiger partial charge >= 0.3 is 17.8 Å². The van der Waals surface area contributed by atoms with Crippen LogP contribution in [0.4, 0.5) is 5.00 Å². The molecule has 3 rings (SSSR count). The number of rotatable bonds is 7. The third kappa shape index (κ3) is 5.08. The second-order valence-corrected chi connectivity index (χ2v) is 8.71. The Bertz CT molecular complexity index is 891. The fourth-order valence-corrected chi connectivity index (χ4v) is 4.79. The summed E-state index contributed by atoms with van der Waals surface area (Å²) in [4.78, 5) is 41.6. The van der Waals surface area contributed by atoms with E-state index >= 15 is 0 Å². The molecule has 1 aliphatic rings. The van der Waals surface area contributed by atoms with E-state index in [1.165, 1.54) is 11.3 Å². The van der Waals surface area contributed by atoms with E-state index in [-0.39, 0.29) is 18.7 Å². The highest BCUT2D eigenvalue weighted by Gasteiger charge is 2.32. The number of carbonyl (C=O) groups excluding carboxylic acids is 3. The molecule has 2 N–H and O–H groups in total. The number of amides is 2. The first kappa shape index (κ1) is 22.0. The fraction of sp³-hybridized carbons (Fsp3) is 0.524. The average molecular weight is 433 g/mol. The van der Waals surface area contributed by atoms with E-state index in [2.05, 4.69) is 29.5 Å². The molecule has 0 saturated heterocycles. The molecule has 0 bridgehead atoms. The molecule has 0 aliphatic heterocycles. The van der Waals surface area contributed by atoms with Crippen molar-refractivity contribution in [3.8, 4) is 0 Å². The van der Waals surface area contributed by atoms with Crippen molar-refractivity contribution in [2.24, 2.45) is 5.92 Å². The zero-order chi connectivity index (χ0) is 21.7. The number of esters is 1. The highest BCUT2D eigenvalue weighted by atomic mass is 32.1. The van der Waals surface area contributed by atoms with Gasteiger partial charge < -0.3 is 19.9 Å². The minimum Gasteiger partial charge on any atom is -0.462 e. The topological polar surface area (TPSA) is 102 Å². The van der Waals surface area contributed by atoms with Gasteiger partial charge in [0.2, 0.25) is 0 Å². The maximum atomic E-state index is 12.6. The van der Waals surface area contributed by atoms with Gasteiger partial charge in [0.25, 0.3) is 0 Å². The van der Waals surface area contributed by atoms with E-state index in [1.54, 1.807) is 19.4 Å². The van der Waals surface area contributed by atoms with Gasteiger partial charge in [0, 0.05) is 12.4 Å². The van der Waals surface area contributed by atoms with Crippen molar-refractivity contribution in [3.63, 3.8) is 0 Å². The molecule has 9 heteroatoms. The summed E-state index contributed by atoms with van der Waals surface area (Å²) < 4.78 is 7.13. The largest absolute Gasteiger partial charge is 0.462 e. The lowest BCUT2D eigenvalue weighted by atomic mass is 10.0.